The maximum absolute atomic E-state index is 13.1. The van der Waals surface area contributed by atoms with E-state index in [1.54, 1.807) is 36.4 Å². The number of halogens is 1. The summed E-state index contributed by atoms with van der Waals surface area (Å²) in [5, 5.41) is 11.5. The summed E-state index contributed by atoms with van der Waals surface area (Å²) >= 11 is 5.95. The van der Waals surface area contributed by atoms with Gasteiger partial charge in [-0.3, -0.25) is 14.5 Å². The fourth-order valence-corrected chi connectivity index (χ4v) is 4.03. The molecule has 1 fully saturated rings. The lowest BCUT2D eigenvalue weighted by Crippen LogP contribution is -2.30. The number of amides is 1. The highest BCUT2D eigenvalue weighted by Gasteiger charge is 2.49. The molecular formula is C24H18ClN3O4. The number of H-pyrrole nitrogens is 1. The van der Waals surface area contributed by atoms with Crippen molar-refractivity contribution in [3.05, 3.63) is 87.8 Å². The Labute approximate surface area is 187 Å². The number of rotatable bonds is 3. The molecule has 1 aliphatic heterocycles. The van der Waals surface area contributed by atoms with E-state index in [0.29, 0.717) is 21.9 Å². The topological polar surface area (TPSA) is 99.4 Å². The van der Waals surface area contributed by atoms with Crippen LogP contribution in [0.15, 0.2) is 64.8 Å². The van der Waals surface area contributed by atoms with Crippen LogP contribution in [0, 0.1) is 13.8 Å². The second-order valence-corrected chi connectivity index (χ2v) is 8.14. The van der Waals surface area contributed by atoms with Crippen LogP contribution in [0.25, 0.3) is 16.8 Å². The number of aliphatic hydroxyl groups is 1. The highest BCUT2D eigenvalue weighted by Crippen LogP contribution is 2.42. The smallest absolute Gasteiger partial charge is 0.302 e. The van der Waals surface area contributed by atoms with Crippen LogP contribution in [0.3, 0.4) is 0 Å². The fourth-order valence-electron chi connectivity index (χ4n) is 3.90. The van der Waals surface area contributed by atoms with Crippen LogP contribution in [0.1, 0.15) is 28.5 Å². The molecule has 1 unspecified atom stereocenters. The van der Waals surface area contributed by atoms with Gasteiger partial charge in [0.25, 0.3) is 5.78 Å². The largest absolute Gasteiger partial charge is 0.507 e. The number of nitrogens with one attached hydrogen (secondary N) is 1. The normalized spacial score (nSPS) is 18.1. The molecule has 32 heavy (non-hydrogen) atoms. The van der Waals surface area contributed by atoms with Gasteiger partial charge in [0.05, 0.1) is 22.9 Å². The third-order valence-corrected chi connectivity index (χ3v) is 5.94. The lowest BCUT2D eigenvalue weighted by molar-refractivity contribution is -0.132. The molecule has 1 amide bonds. The third-order valence-electron chi connectivity index (χ3n) is 5.69. The van der Waals surface area contributed by atoms with Crippen molar-refractivity contribution in [3.63, 3.8) is 0 Å². The van der Waals surface area contributed by atoms with E-state index in [1.165, 1.54) is 11.2 Å². The Hall–Kier alpha value is -3.84. The van der Waals surface area contributed by atoms with Crippen LogP contribution in [0.4, 0.5) is 5.95 Å². The van der Waals surface area contributed by atoms with Gasteiger partial charge in [0.1, 0.15) is 17.6 Å². The number of carbonyl (C=O) groups is 2. The standard InChI is InChI=1S/C24H18ClN3O4/c1-12-10-16-17(11-13(12)2)27-24(26-16)28-20(18-4-3-9-32-18)19(22(30)23(28)31)21(29)14-5-7-15(25)8-6-14/h3-11,20,29H,1-2H3,(H,26,27)/b21-19+. The van der Waals surface area contributed by atoms with Gasteiger partial charge in [0, 0.05) is 10.6 Å². The second kappa shape index (κ2) is 7.39. The van der Waals surface area contributed by atoms with Crippen molar-refractivity contribution in [2.75, 3.05) is 4.90 Å². The maximum atomic E-state index is 13.1. The lowest BCUT2D eigenvalue weighted by atomic mass is 9.99. The van der Waals surface area contributed by atoms with E-state index in [1.807, 2.05) is 26.0 Å². The number of anilines is 1. The monoisotopic (exact) mass is 447 g/mol. The molecule has 1 saturated heterocycles. The number of Topliss-reactive ketones (excluding diaryl/α,β-unsaturated/α-hetero) is 1. The van der Waals surface area contributed by atoms with Crippen molar-refractivity contribution in [1.29, 1.82) is 0 Å². The van der Waals surface area contributed by atoms with Crippen LogP contribution in [-0.4, -0.2) is 26.8 Å². The zero-order chi connectivity index (χ0) is 22.6. The van der Waals surface area contributed by atoms with Gasteiger partial charge < -0.3 is 14.5 Å². The molecule has 0 saturated carbocycles. The van der Waals surface area contributed by atoms with E-state index in [2.05, 4.69) is 9.97 Å². The first-order valence-corrected chi connectivity index (χ1v) is 10.3. The Morgan fingerprint density at radius 1 is 1.12 bits per heavy atom. The van der Waals surface area contributed by atoms with Crippen LogP contribution in [-0.2, 0) is 9.59 Å². The van der Waals surface area contributed by atoms with E-state index in [-0.39, 0.29) is 17.3 Å². The molecule has 1 atom stereocenters. The number of hydrogen-bond donors (Lipinski definition) is 2. The second-order valence-electron chi connectivity index (χ2n) is 7.71. The molecule has 2 aromatic heterocycles. The summed E-state index contributed by atoms with van der Waals surface area (Å²) in [7, 11) is 0. The number of nitrogens with zero attached hydrogens (tertiary/aromatic N) is 2. The number of aromatic nitrogens is 2. The van der Waals surface area contributed by atoms with E-state index >= 15 is 0 Å². The molecule has 3 heterocycles. The lowest BCUT2D eigenvalue weighted by Gasteiger charge is -2.20. The third kappa shape index (κ3) is 3.09. The Morgan fingerprint density at radius 3 is 2.53 bits per heavy atom. The molecule has 0 bridgehead atoms. The average molecular weight is 448 g/mol. The fraction of sp³-hybridized carbons (Fsp3) is 0.125. The van der Waals surface area contributed by atoms with Crippen LogP contribution < -0.4 is 4.90 Å². The minimum absolute atomic E-state index is 0.0833. The van der Waals surface area contributed by atoms with Gasteiger partial charge in [-0.1, -0.05) is 11.6 Å². The van der Waals surface area contributed by atoms with Gasteiger partial charge in [-0.25, -0.2) is 4.98 Å². The predicted octanol–water partition coefficient (Wildman–Crippen LogP) is 5.05. The molecule has 160 valence electrons. The highest BCUT2D eigenvalue weighted by molar-refractivity contribution is 6.51. The molecular weight excluding hydrogens is 430 g/mol. The van der Waals surface area contributed by atoms with Crippen LogP contribution in [0.2, 0.25) is 5.02 Å². The number of fused-ring (bicyclic) bond motifs is 1. The quantitative estimate of drug-likeness (QED) is 0.260. The van der Waals surface area contributed by atoms with E-state index < -0.39 is 17.7 Å². The van der Waals surface area contributed by atoms with Crippen molar-refractivity contribution < 1.29 is 19.1 Å². The molecule has 5 rings (SSSR count). The highest BCUT2D eigenvalue weighted by atomic mass is 35.5. The minimum Gasteiger partial charge on any atom is -0.507 e. The zero-order valence-corrected chi connectivity index (χ0v) is 18.0. The number of aromatic amines is 1. The molecule has 7 nitrogen and oxygen atoms in total. The van der Waals surface area contributed by atoms with Crippen LogP contribution >= 0.6 is 11.6 Å². The summed E-state index contributed by atoms with van der Waals surface area (Å²) in [5.41, 5.74) is 3.81. The molecule has 2 N–H and O–H groups in total. The van der Waals surface area contributed by atoms with Crippen molar-refractivity contribution in [3.8, 4) is 0 Å². The number of aliphatic hydroxyl groups excluding tert-OH is 1. The Kier molecular flexibility index (Phi) is 4.64. The number of aryl methyl sites for hydroxylation is 2. The Balaban J connectivity index is 1.71. The van der Waals surface area contributed by atoms with E-state index in [4.69, 9.17) is 16.0 Å². The predicted molar refractivity (Wildman–Crippen MR) is 121 cm³/mol. The summed E-state index contributed by atoms with van der Waals surface area (Å²) in [6, 6.07) is 12.5. The first-order valence-electron chi connectivity index (χ1n) is 9.92. The van der Waals surface area contributed by atoms with Crippen molar-refractivity contribution in [2.24, 2.45) is 0 Å². The first-order chi connectivity index (χ1) is 15.3. The number of ketones is 1. The number of carbonyl (C=O) groups excluding carboxylic acids is 2. The van der Waals surface area contributed by atoms with Gasteiger partial charge in [-0.05, 0) is 73.5 Å². The van der Waals surface area contributed by atoms with Gasteiger partial charge in [0.2, 0.25) is 5.95 Å². The summed E-state index contributed by atoms with van der Waals surface area (Å²) in [6.45, 7) is 3.96. The van der Waals surface area contributed by atoms with Gasteiger partial charge >= 0.3 is 5.91 Å². The van der Waals surface area contributed by atoms with E-state index in [0.717, 1.165) is 16.6 Å². The molecule has 0 spiro atoms. The molecule has 0 aliphatic carbocycles. The minimum atomic E-state index is -0.983. The molecule has 0 radical (unpaired) electrons. The van der Waals surface area contributed by atoms with Crippen molar-refractivity contribution >= 4 is 46.0 Å². The molecule has 2 aromatic carbocycles. The number of benzene rings is 2. The zero-order valence-electron chi connectivity index (χ0n) is 17.2. The first kappa shape index (κ1) is 20.1. The molecule has 4 aromatic rings. The summed E-state index contributed by atoms with van der Waals surface area (Å²) < 4.78 is 5.56. The Bertz CT molecular complexity index is 1360. The SMILES string of the molecule is Cc1cc2nc(N3C(=O)C(=O)/C(=C(/O)c4ccc(Cl)cc4)C3c3ccco3)[nH]c2cc1C. The van der Waals surface area contributed by atoms with Gasteiger partial charge in [-0.15, -0.1) is 0 Å². The summed E-state index contributed by atoms with van der Waals surface area (Å²) in [4.78, 5) is 35.1. The summed E-state index contributed by atoms with van der Waals surface area (Å²) in [6.07, 6.45) is 1.45. The Morgan fingerprint density at radius 2 is 1.84 bits per heavy atom. The van der Waals surface area contributed by atoms with E-state index in [9.17, 15) is 14.7 Å². The molecule has 1 aliphatic rings. The average Bonchev–Trinajstić information content (AvgIpc) is 3.48. The summed E-state index contributed by atoms with van der Waals surface area (Å²) in [5.74, 6) is -1.43. The van der Waals surface area contributed by atoms with Crippen LogP contribution in [0.5, 0.6) is 0 Å². The number of imidazole rings is 1. The van der Waals surface area contributed by atoms with Crippen molar-refractivity contribution in [1.82, 2.24) is 9.97 Å². The molecule has 8 heteroatoms. The van der Waals surface area contributed by atoms with Crippen molar-refractivity contribution in [2.45, 2.75) is 19.9 Å². The maximum Gasteiger partial charge on any atom is 0.302 e. The van der Waals surface area contributed by atoms with Gasteiger partial charge in [0.15, 0.2) is 0 Å². The number of furan rings is 1. The van der Waals surface area contributed by atoms with Gasteiger partial charge in [-0.2, -0.15) is 0 Å². The number of hydrogen-bond acceptors (Lipinski definition) is 5.